The van der Waals surface area contributed by atoms with Crippen LogP contribution in [-0.4, -0.2) is 21.8 Å². The maximum atomic E-state index is 13.2. The predicted molar refractivity (Wildman–Crippen MR) is 110 cm³/mol. The van der Waals surface area contributed by atoms with E-state index >= 15 is 0 Å². The third kappa shape index (κ3) is 3.52. The third-order valence-corrected chi connectivity index (χ3v) is 6.20. The summed E-state index contributed by atoms with van der Waals surface area (Å²) in [6, 6.07) is 12.5. The van der Waals surface area contributed by atoms with Crippen LogP contribution in [0.25, 0.3) is 10.6 Å². The van der Waals surface area contributed by atoms with Crippen molar-refractivity contribution in [2.75, 3.05) is 0 Å². The first-order valence-electron chi connectivity index (χ1n) is 9.03. The van der Waals surface area contributed by atoms with Gasteiger partial charge in [0, 0.05) is 16.0 Å². The van der Waals surface area contributed by atoms with E-state index in [-0.39, 0.29) is 18.3 Å². The van der Waals surface area contributed by atoms with Gasteiger partial charge in [-0.15, -0.1) is 11.3 Å². The summed E-state index contributed by atoms with van der Waals surface area (Å²) >= 11 is 7.34. The van der Waals surface area contributed by atoms with E-state index in [1.54, 1.807) is 41.8 Å². The van der Waals surface area contributed by atoms with Gasteiger partial charge in [0.05, 0.1) is 12.2 Å². The van der Waals surface area contributed by atoms with Crippen LogP contribution in [0, 0.1) is 5.82 Å². The van der Waals surface area contributed by atoms with Crippen molar-refractivity contribution in [3.8, 4) is 10.6 Å². The summed E-state index contributed by atoms with van der Waals surface area (Å²) in [7, 11) is 0. The van der Waals surface area contributed by atoms with Crippen LogP contribution in [0.3, 0.4) is 0 Å². The summed E-state index contributed by atoms with van der Waals surface area (Å²) in [6.07, 6.45) is 0.410. The number of aromatic nitrogens is 1. The predicted octanol–water partition coefficient (Wildman–Crippen LogP) is 4.96. The van der Waals surface area contributed by atoms with Crippen molar-refractivity contribution in [3.05, 3.63) is 76.0 Å². The lowest BCUT2D eigenvalue weighted by Crippen LogP contribution is -2.43. The average Bonchev–Trinajstić information content (AvgIpc) is 3.28. The molecule has 5 nitrogen and oxygen atoms in total. The molecule has 3 amide bonds. The van der Waals surface area contributed by atoms with Gasteiger partial charge >= 0.3 is 6.03 Å². The van der Waals surface area contributed by atoms with Crippen LogP contribution < -0.4 is 5.32 Å². The zero-order valence-electron chi connectivity index (χ0n) is 15.5. The number of benzene rings is 2. The number of nitrogens with zero attached hydrogens (tertiary/aromatic N) is 2. The highest BCUT2D eigenvalue weighted by molar-refractivity contribution is 7.13. The second-order valence-electron chi connectivity index (χ2n) is 6.74. The molecule has 29 heavy (non-hydrogen) atoms. The number of amides is 3. The lowest BCUT2D eigenvalue weighted by molar-refractivity contribution is -0.132. The van der Waals surface area contributed by atoms with Crippen molar-refractivity contribution in [1.82, 2.24) is 15.2 Å². The Kier molecular flexibility index (Phi) is 5.10. The van der Waals surface area contributed by atoms with Gasteiger partial charge in [-0.05, 0) is 48.4 Å². The largest absolute Gasteiger partial charge is 0.325 e. The van der Waals surface area contributed by atoms with E-state index in [9.17, 15) is 14.0 Å². The second kappa shape index (κ2) is 7.57. The Labute approximate surface area is 176 Å². The van der Waals surface area contributed by atoms with Crippen molar-refractivity contribution >= 4 is 34.9 Å². The molecule has 3 aromatic rings. The summed E-state index contributed by atoms with van der Waals surface area (Å²) in [6.45, 7) is 1.92. The number of halogens is 2. The maximum Gasteiger partial charge on any atom is 0.325 e. The fraction of sp³-hybridized carbons (Fsp3) is 0.190. The zero-order chi connectivity index (χ0) is 20.6. The fourth-order valence-corrected chi connectivity index (χ4v) is 4.35. The molecular formula is C21H17ClFN3O2S. The third-order valence-electron chi connectivity index (χ3n) is 5.01. The van der Waals surface area contributed by atoms with Crippen LogP contribution in [0.2, 0.25) is 5.02 Å². The molecule has 1 aliphatic rings. The van der Waals surface area contributed by atoms with Crippen molar-refractivity contribution in [2.24, 2.45) is 0 Å². The zero-order valence-corrected chi connectivity index (χ0v) is 17.1. The van der Waals surface area contributed by atoms with Gasteiger partial charge in [-0.1, -0.05) is 30.7 Å². The quantitative estimate of drug-likeness (QED) is 0.583. The number of thiazole rings is 1. The molecule has 4 rings (SSSR count). The Balaban J connectivity index is 1.58. The molecule has 1 aliphatic heterocycles. The molecule has 1 fully saturated rings. The minimum atomic E-state index is -1.11. The molecule has 2 heterocycles. The van der Waals surface area contributed by atoms with Gasteiger partial charge in [0.15, 0.2) is 0 Å². The molecule has 1 N–H and O–H groups in total. The normalized spacial score (nSPS) is 18.9. The minimum absolute atomic E-state index is 0.0672. The van der Waals surface area contributed by atoms with Gasteiger partial charge in [0.2, 0.25) is 0 Å². The Hall–Kier alpha value is -2.77. The molecule has 2 aromatic carbocycles. The highest BCUT2D eigenvalue weighted by Gasteiger charge is 2.51. The number of hydrogen-bond donors (Lipinski definition) is 1. The molecule has 0 spiro atoms. The van der Waals surface area contributed by atoms with Crippen molar-refractivity contribution in [3.63, 3.8) is 0 Å². The molecule has 1 saturated heterocycles. The molecule has 1 unspecified atom stereocenters. The van der Waals surface area contributed by atoms with E-state index in [4.69, 9.17) is 11.6 Å². The topological polar surface area (TPSA) is 62.3 Å². The number of carbonyl (C=O) groups excluding carboxylic acids is 2. The summed E-state index contributed by atoms with van der Waals surface area (Å²) < 4.78 is 13.1. The van der Waals surface area contributed by atoms with Crippen molar-refractivity contribution in [2.45, 2.75) is 25.4 Å². The van der Waals surface area contributed by atoms with Crippen LogP contribution in [0.1, 0.15) is 24.6 Å². The molecule has 0 bridgehead atoms. The first kappa shape index (κ1) is 19.5. The standard InChI is InChI=1S/C21H17ClFN3O2S/c1-2-21(14-5-7-15(22)8-6-14)19(27)26(20(28)25-21)11-17-12-29-18(24-17)13-3-9-16(23)10-4-13/h3-10,12H,2,11H2,1H3,(H,25,28). The molecule has 0 radical (unpaired) electrons. The number of nitrogens with one attached hydrogen (secondary N) is 1. The summed E-state index contributed by atoms with van der Waals surface area (Å²) in [5.74, 6) is -0.633. The Bertz CT molecular complexity index is 1070. The lowest BCUT2D eigenvalue weighted by Gasteiger charge is -2.25. The summed E-state index contributed by atoms with van der Waals surface area (Å²) in [4.78, 5) is 31.5. The number of urea groups is 1. The Morgan fingerprint density at radius 2 is 1.83 bits per heavy atom. The van der Waals surface area contributed by atoms with E-state index in [1.165, 1.54) is 28.4 Å². The second-order valence-corrected chi connectivity index (χ2v) is 8.03. The minimum Gasteiger partial charge on any atom is -0.319 e. The first-order chi connectivity index (χ1) is 13.9. The van der Waals surface area contributed by atoms with Gasteiger partial charge in [-0.2, -0.15) is 0 Å². The van der Waals surface area contributed by atoms with E-state index in [2.05, 4.69) is 10.3 Å². The first-order valence-corrected chi connectivity index (χ1v) is 10.3. The van der Waals surface area contributed by atoms with Crippen molar-refractivity contribution < 1.29 is 14.0 Å². The van der Waals surface area contributed by atoms with E-state index in [1.807, 2.05) is 6.92 Å². The van der Waals surface area contributed by atoms with Crippen LogP contribution >= 0.6 is 22.9 Å². The molecule has 0 aliphatic carbocycles. The van der Waals surface area contributed by atoms with Crippen LogP contribution in [-0.2, 0) is 16.9 Å². The Morgan fingerprint density at radius 3 is 2.48 bits per heavy atom. The highest BCUT2D eigenvalue weighted by Crippen LogP contribution is 2.34. The Morgan fingerprint density at radius 1 is 1.14 bits per heavy atom. The maximum absolute atomic E-state index is 13.2. The molecule has 1 aromatic heterocycles. The van der Waals surface area contributed by atoms with Crippen LogP contribution in [0.5, 0.6) is 0 Å². The number of carbonyl (C=O) groups is 2. The van der Waals surface area contributed by atoms with E-state index < -0.39 is 11.6 Å². The van der Waals surface area contributed by atoms with Gasteiger partial charge in [0.25, 0.3) is 5.91 Å². The van der Waals surface area contributed by atoms with Gasteiger partial charge in [-0.25, -0.2) is 14.2 Å². The van der Waals surface area contributed by atoms with Gasteiger partial charge in [-0.3, -0.25) is 9.69 Å². The number of rotatable bonds is 5. The van der Waals surface area contributed by atoms with E-state index in [0.29, 0.717) is 27.7 Å². The number of imide groups is 1. The molecule has 1 atom stereocenters. The smallest absolute Gasteiger partial charge is 0.319 e. The summed E-state index contributed by atoms with van der Waals surface area (Å²) in [5.41, 5.74) is 0.956. The molecular weight excluding hydrogens is 413 g/mol. The van der Waals surface area contributed by atoms with Crippen LogP contribution in [0.15, 0.2) is 53.9 Å². The number of hydrogen-bond acceptors (Lipinski definition) is 4. The van der Waals surface area contributed by atoms with Gasteiger partial charge in [0.1, 0.15) is 16.4 Å². The van der Waals surface area contributed by atoms with E-state index in [0.717, 1.165) is 5.56 Å². The SMILES string of the molecule is CCC1(c2ccc(Cl)cc2)NC(=O)N(Cc2csc(-c3ccc(F)cc3)n2)C1=O. The fourth-order valence-electron chi connectivity index (χ4n) is 3.41. The van der Waals surface area contributed by atoms with Crippen molar-refractivity contribution in [1.29, 1.82) is 0 Å². The lowest BCUT2D eigenvalue weighted by atomic mass is 9.87. The van der Waals surface area contributed by atoms with Crippen LogP contribution in [0.4, 0.5) is 9.18 Å². The molecule has 148 valence electrons. The molecule has 0 saturated carbocycles. The highest BCUT2D eigenvalue weighted by atomic mass is 35.5. The average molecular weight is 430 g/mol. The molecule has 8 heteroatoms. The summed E-state index contributed by atoms with van der Waals surface area (Å²) in [5, 5.41) is 5.91. The monoisotopic (exact) mass is 429 g/mol. The van der Waals surface area contributed by atoms with Gasteiger partial charge < -0.3 is 5.32 Å².